The molecule has 1 heterocycles. The van der Waals surface area contributed by atoms with E-state index in [9.17, 15) is 13.2 Å². The van der Waals surface area contributed by atoms with Gasteiger partial charge >= 0.3 is 0 Å². The van der Waals surface area contributed by atoms with Gasteiger partial charge in [0, 0.05) is 26.2 Å². The van der Waals surface area contributed by atoms with Crippen LogP contribution in [0.3, 0.4) is 0 Å². The van der Waals surface area contributed by atoms with Gasteiger partial charge in [0.2, 0.25) is 15.9 Å². The number of sulfonamides is 1. The van der Waals surface area contributed by atoms with Crippen LogP contribution in [-0.2, 0) is 14.8 Å². The SMILES string of the molecule is CS(=O)(=O)N1CCN(C(=O)CNc2ccccc2Cl)CC1. The zero-order valence-corrected chi connectivity index (χ0v) is 13.3. The van der Waals surface area contributed by atoms with Crippen LogP contribution in [0.4, 0.5) is 5.69 Å². The molecule has 0 atom stereocenters. The first-order valence-corrected chi connectivity index (χ1v) is 8.82. The van der Waals surface area contributed by atoms with Gasteiger partial charge in [0.05, 0.1) is 23.5 Å². The first-order chi connectivity index (χ1) is 9.88. The lowest BCUT2D eigenvalue weighted by Crippen LogP contribution is -2.51. The Hall–Kier alpha value is -1.31. The van der Waals surface area contributed by atoms with Crippen LogP contribution in [0.15, 0.2) is 24.3 Å². The van der Waals surface area contributed by atoms with E-state index in [1.807, 2.05) is 12.1 Å². The maximum atomic E-state index is 12.1. The second kappa shape index (κ2) is 6.64. The highest BCUT2D eigenvalue weighted by atomic mass is 35.5. The fourth-order valence-electron chi connectivity index (χ4n) is 2.16. The lowest BCUT2D eigenvalue weighted by atomic mass is 10.3. The van der Waals surface area contributed by atoms with E-state index in [4.69, 9.17) is 11.6 Å². The van der Waals surface area contributed by atoms with Crippen LogP contribution in [0.2, 0.25) is 5.02 Å². The predicted molar refractivity (Wildman–Crippen MR) is 82.9 cm³/mol. The molecular formula is C13H18ClN3O3S. The Kier molecular flexibility index (Phi) is 5.08. The summed E-state index contributed by atoms with van der Waals surface area (Å²) in [4.78, 5) is 13.7. The number of para-hydroxylation sites is 1. The van der Waals surface area contributed by atoms with E-state index in [-0.39, 0.29) is 12.5 Å². The maximum absolute atomic E-state index is 12.1. The summed E-state index contributed by atoms with van der Waals surface area (Å²) in [6.07, 6.45) is 1.18. The van der Waals surface area contributed by atoms with Gasteiger partial charge < -0.3 is 10.2 Å². The number of piperazine rings is 1. The molecule has 0 aromatic heterocycles. The minimum Gasteiger partial charge on any atom is -0.375 e. The summed E-state index contributed by atoms with van der Waals surface area (Å²) in [5, 5.41) is 3.56. The van der Waals surface area contributed by atoms with Gasteiger partial charge in [-0.25, -0.2) is 8.42 Å². The van der Waals surface area contributed by atoms with Crippen LogP contribution in [0.5, 0.6) is 0 Å². The van der Waals surface area contributed by atoms with Crippen molar-refractivity contribution in [2.24, 2.45) is 0 Å². The summed E-state index contributed by atoms with van der Waals surface area (Å²) in [5.74, 6) is -0.0666. The quantitative estimate of drug-likeness (QED) is 0.888. The average molecular weight is 332 g/mol. The molecule has 0 saturated carbocycles. The Morgan fingerprint density at radius 1 is 1.24 bits per heavy atom. The van der Waals surface area contributed by atoms with Gasteiger partial charge in [-0.05, 0) is 12.1 Å². The molecule has 1 amide bonds. The Morgan fingerprint density at radius 2 is 1.86 bits per heavy atom. The second-order valence-corrected chi connectivity index (χ2v) is 7.27. The van der Waals surface area contributed by atoms with Gasteiger partial charge in [-0.15, -0.1) is 0 Å². The van der Waals surface area contributed by atoms with Gasteiger partial charge in [-0.2, -0.15) is 4.31 Å². The zero-order chi connectivity index (χ0) is 15.5. The highest BCUT2D eigenvalue weighted by Crippen LogP contribution is 2.20. The summed E-state index contributed by atoms with van der Waals surface area (Å²) >= 11 is 6.00. The lowest BCUT2D eigenvalue weighted by Gasteiger charge is -2.33. The fraction of sp³-hybridized carbons (Fsp3) is 0.462. The Bertz CT molecular complexity index is 613. The number of nitrogens with one attached hydrogen (secondary N) is 1. The molecule has 1 aliphatic rings. The summed E-state index contributed by atoms with van der Waals surface area (Å²) < 4.78 is 24.2. The van der Waals surface area contributed by atoms with Gasteiger partial charge in [0.25, 0.3) is 0 Å². The number of carbonyl (C=O) groups excluding carboxylic acids is 1. The first-order valence-electron chi connectivity index (χ1n) is 6.59. The van der Waals surface area contributed by atoms with E-state index in [1.165, 1.54) is 10.6 Å². The molecule has 1 saturated heterocycles. The van der Waals surface area contributed by atoms with E-state index >= 15 is 0 Å². The summed E-state index contributed by atoms with van der Waals surface area (Å²) in [6.45, 7) is 1.65. The molecule has 0 aliphatic carbocycles. The topological polar surface area (TPSA) is 69.7 Å². The predicted octanol–water partition coefficient (Wildman–Crippen LogP) is 0.856. The van der Waals surface area contributed by atoms with Crippen molar-refractivity contribution in [2.75, 3.05) is 44.3 Å². The molecule has 1 N–H and O–H groups in total. The normalized spacial score (nSPS) is 16.8. The monoisotopic (exact) mass is 331 g/mol. The van der Waals surface area contributed by atoms with Crippen molar-refractivity contribution >= 4 is 33.2 Å². The molecule has 1 aromatic carbocycles. The number of hydrogen-bond donors (Lipinski definition) is 1. The van der Waals surface area contributed by atoms with Gasteiger partial charge in [-0.3, -0.25) is 4.79 Å². The van der Waals surface area contributed by atoms with Crippen molar-refractivity contribution in [1.82, 2.24) is 9.21 Å². The van der Waals surface area contributed by atoms with E-state index in [2.05, 4.69) is 5.32 Å². The van der Waals surface area contributed by atoms with Gasteiger partial charge in [0.1, 0.15) is 0 Å². The van der Waals surface area contributed by atoms with Crippen LogP contribution >= 0.6 is 11.6 Å². The number of rotatable bonds is 4. The molecule has 1 aromatic rings. The van der Waals surface area contributed by atoms with Crippen molar-refractivity contribution in [1.29, 1.82) is 0 Å². The van der Waals surface area contributed by atoms with Crippen molar-refractivity contribution in [3.8, 4) is 0 Å². The highest BCUT2D eigenvalue weighted by Gasteiger charge is 2.25. The van der Waals surface area contributed by atoms with Crippen molar-refractivity contribution in [3.05, 3.63) is 29.3 Å². The summed E-state index contributed by atoms with van der Waals surface area (Å²) in [5.41, 5.74) is 0.710. The molecule has 0 unspecified atom stereocenters. The molecule has 2 rings (SSSR count). The zero-order valence-electron chi connectivity index (χ0n) is 11.8. The number of carbonyl (C=O) groups is 1. The maximum Gasteiger partial charge on any atom is 0.241 e. The van der Waals surface area contributed by atoms with E-state index in [0.717, 1.165) is 0 Å². The molecule has 0 radical (unpaired) electrons. The summed E-state index contributed by atoms with van der Waals surface area (Å²) in [6, 6.07) is 7.21. The van der Waals surface area contributed by atoms with E-state index in [0.29, 0.717) is 36.9 Å². The smallest absolute Gasteiger partial charge is 0.241 e. The number of benzene rings is 1. The lowest BCUT2D eigenvalue weighted by molar-refractivity contribution is -0.130. The molecule has 8 heteroatoms. The number of anilines is 1. The summed E-state index contributed by atoms with van der Waals surface area (Å²) in [7, 11) is -3.17. The molecule has 0 spiro atoms. The van der Waals surface area contributed by atoms with Crippen molar-refractivity contribution in [2.45, 2.75) is 0 Å². The van der Waals surface area contributed by atoms with Crippen LogP contribution < -0.4 is 5.32 Å². The van der Waals surface area contributed by atoms with Gasteiger partial charge in [0.15, 0.2) is 0 Å². The van der Waals surface area contributed by atoms with Crippen LogP contribution in [0, 0.1) is 0 Å². The minimum absolute atomic E-state index is 0.0666. The van der Waals surface area contributed by atoms with Gasteiger partial charge in [-0.1, -0.05) is 23.7 Å². The second-order valence-electron chi connectivity index (χ2n) is 4.88. The first kappa shape index (κ1) is 16.1. The standard InChI is InChI=1S/C13H18ClN3O3S/c1-21(19,20)17-8-6-16(7-9-17)13(18)10-15-12-5-3-2-4-11(12)14/h2-5,15H,6-10H2,1H3. The molecule has 1 aliphatic heterocycles. The largest absolute Gasteiger partial charge is 0.375 e. The Morgan fingerprint density at radius 3 is 2.43 bits per heavy atom. The molecule has 116 valence electrons. The number of nitrogens with zero attached hydrogens (tertiary/aromatic N) is 2. The molecular weight excluding hydrogens is 314 g/mol. The van der Waals surface area contributed by atoms with Crippen LogP contribution in [0.1, 0.15) is 0 Å². The van der Waals surface area contributed by atoms with Crippen molar-refractivity contribution in [3.63, 3.8) is 0 Å². The molecule has 6 nitrogen and oxygen atoms in total. The minimum atomic E-state index is -3.17. The number of amides is 1. The number of hydrogen-bond acceptors (Lipinski definition) is 4. The average Bonchev–Trinajstić information content (AvgIpc) is 2.45. The molecule has 21 heavy (non-hydrogen) atoms. The van der Waals surface area contributed by atoms with Crippen LogP contribution in [-0.4, -0.2) is 62.5 Å². The van der Waals surface area contributed by atoms with Crippen molar-refractivity contribution < 1.29 is 13.2 Å². The highest BCUT2D eigenvalue weighted by molar-refractivity contribution is 7.88. The van der Waals surface area contributed by atoms with E-state index in [1.54, 1.807) is 17.0 Å². The van der Waals surface area contributed by atoms with Crippen LogP contribution in [0.25, 0.3) is 0 Å². The Labute approximate surface area is 129 Å². The Balaban J connectivity index is 1.84. The third-order valence-corrected chi connectivity index (χ3v) is 5.00. The third kappa shape index (κ3) is 4.33. The van der Waals surface area contributed by atoms with E-state index < -0.39 is 10.0 Å². The fourth-order valence-corrected chi connectivity index (χ4v) is 3.19. The number of halogens is 1. The molecule has 0 bridgehead atoms. The third-order valence-electron chi connectivity index (χ3n) is 3.36. The molecule has 1 fully saturated rings.